The summed E-state index contributed by atoms with van der Waals surface area (Å²) in [6.45, 7) is 4.37. The van der Waals surface area contributed by atoms with Crippen LogP contribution in [0.1, 0.15) is 32.6 Å². The molecule has 2 aliphatic rings. The van der Waals surface area contributed by atoms with E-state index in [0.29, 0.717) is 12.5 Å². The van der Waals surface area contributed by atoms with Crippen LogP contribution in [-0.4, -0.2) is 36.1 Å². The van der Waals surface area contributed by atoms with Gasteiger partial charge >= 0.3 is 0 Å². The van der Waals surface area contributed by atoms with Crippen LogP contribution in [0.5, 0.6) is 0 Å². The summed E-state index contributed by atoms with van der Waals surface area (Å²) in [6.07, 6.45) is 4.68. The van der Waals surface area contributed by atoms with E-state index in [-0.39, 0.29) is 0 Å². The minimum Gasteiger partial charge on any atom is -0.312 e. The van der Waals surface area contributed by atoms with Crippen molar-refractivity contribution in [3.8, 4) is 6.07 Å². The highest BCUT2D eigenvalue weighted by molar-refractivity contribution is 4.96. The van der Waals surface area contributed by atoms with Crippen LogP contribution in [0.2, 0.25) is 0 Å². The van der Waals surface area contributed by atoms with Gasteiger partial charge in [-0.3, -0.25) is 4.90 Å². The second-order valence-corrected chi connectivity index (χ2v) is 4.57. The van der Waals surface area contributed by atoms with Crippen molar-refractivity contribution < 1.29 is 0 Å². The second kappa shape index (κ2) is 4.29. The van der Waals surface area contributed by atoms with Crippen LogP contribution >= 0.6 is 0 Å². The first kappa shape index (κ1) is 9.95. The Kier molecular flexibility index (Phi) is 3.05. The summed E-state index contributed by atoms with van der Waals surface area (Å²) >= 11 is 0. The molecule has 1 saturated heterocycles. The highest BCUT2D eigenvalue weighted by Crippen LogP contribution is 2.33. The molecule has 0 amide bonds. The molecule has 1 heterocycles. The van der Waals surface area contributed by atoms with Gasteiger partial charge in [0.25, 0.3) is 0 Å². The summed E-state index contributed by atoms with van der Waals surface area (Å²) in [5, 5.41) is 11.9. The largest absolute Gasteiger partial charge is 0.312 e. The molecule has 78 valence electrons. The third-order valence-corrected chi connectivity index (χ3v) is 3.31. The maximum Gasteiger partial charge on any atom is 0.0635 e. The van der Waals surface area contributed by atoms with Crippen molar-refractivity contribution in [2.24, 2.45) is 0 Å². The fourth-order valence-corrected chi connectivity index (χ4v) is 2.45. The number of nitrogens with zero attached hydrogens (tertiary/aromatic N) is 2. The van der Waals surface area contributed by atoms with Crippen LogP contribution in [0.4, 0.5) is 0 Å². The molecule has 2 rings (SSSR count). The average molecular weight is 193 g/mol. The predicted octanol–water partition coefficient (Wildman–Crippen LogP) is 1.11. The Morgan fingerprint density at radius 2 is 2.29 bits per heavy atom. The van der Waals surface area contributed by atoms with Crippen molar-refractivity contribution in [1.29, 1.82) is 5.26 Å². The van der Waals surface area contributed by atoms with Gasteiger partial charge in [-0.15, -0.1) is 0 Å². The number of rotatable bonds is 4. The van der Waals surface area contributed by atoms with Crippen molar-refractivity contribution in [1.82, 2.24) is 10.2 Å². The quantitative estimate of drug-likeness (QED) is 0.680. The molecule has 2 atom stereocenters. The number of nitrogens with one attached hydrogen (secondary N) is 1. The van der Waals surface area contributed by atoms with Gasteiger partial charge in [-0.1, -0.05) is 0 Å². The van der Waals surface area contributed by atoms with Crippen LogP contribution in [0.25, 0.3) is 0 Å². The van der Waals surface area contributed by atoms with E-state index in [0.717, 1.165) is 18.6 Å². The van der Waals surface area contributed by atoms with Crippen LogP contribution in [0.3, 0.4) is 0 Å². The molecule has 3 heteroatoms. The summed E-state index contributed by atoms with van der Waals surface area (Å²) in [7, 11) is 0. The monoisotopic (exact) mass is 193 g/mol. The lowest BCUT2D eigenvalue weighted by molar-refractivity contribution is 0.255. The fourth-order valence-electron chi connectivity index (χ4n) is 2.45. The minimum atomic E-state index is 0.624. The van der Waals surface area contributed by atoms with Crippen molar-refractivity contribution in [3.63, 3.8) is 0 Å². The van der Waals surface area contributed by atoms with Crippen LogP contribution in [0, 0.1) is 11.3 Å². The first-order valence-electron chi connectivity index (χ1n) is 5.67. The van der Waals surface area contributed by atoms with Gasteiger partial charge in [0, 0.05) is 37.6 Å². The minimum absolute atomic E-state index is 0.624. The van der Waals surface area contributed by atoms with E-state index in [2.05, 4.69) is 23.2 Å². The van der Waals surface area contributed by atoms with Gasteiger partial charge in [0.2, 0.25) is 0 Å². The van der Waals surface area contributed by atoms with Crippen molar-refractivity contribution in [2.45, 2.75) is 50.7 Å². The Balaban J connectivity index is 1.72. The lowest BCUT2D eigenvalue weighted by atomic mass is 10.2. The zero-order valence-electron chi connectivity index (χ0n) is 8.87. The lowest BCUT2D eigenvalue weighted by Gasteiger charge is -2.19. The van der Waals surface area contributed by atoms with Gasteiger partial charge in [-0.25, -0.2) is 0 Å². The SMILES string of the molecule is CC1CC(NCCC#N)CN1C1CC1. The first-order valence-corrected chi connectivity index (χ1v) is 5.67. The van der Waals surface area contributed by atoms with Crippen LogP contribution < -0.4 is 5.32 Å². The molecule has 0 aromatic carbocycles. The normalized spacial score (nSPS) is 33.1. The number of hydrogen-bond acceptors (Lipinski definition) is 3. The van der Waals surface area contributed by atoms with Gasteiger partial charge in [0.15, 0.2) is 0 Å². The van der Waals surface area contributed by atoms with Crippen molar-refractivity contribution >= 4 is 0 Å². The fraction of sp³-hybridized carbons (Fsp3) is 0.909. The maximum atomic E-state index is 8.44. The molecule has 0 radical (unpaired) electrons. The highest BCUT2D eigenvalue weighted by Gasteiger charge is 2.38. The van der Waals surface area contributed by atoms with E-state index in [1.54, 1.807) is 0 Å². The Morgan fingerprint density at radius 3 is 2.93 bits per heavy atom. The van der Waals surface area contributed by atoms with Crippen LogP contribution in [-0.2, 0) is 0 Å². The third kappa shape index (κ3) is 2.26. The summed E-state index contributed by atoms with van der Waals surface area (Å²) in [4.78, 5) is 2.63. The molecular weight excluding hydrogens is 174 g/mol. The molecule has 1 aliphatic heterocycles. The number of hydrogen-bond donors (Lipinski definition) is 1. The molecule has 1 saturated carbocycles. The van der Waals surface area contributed by atoms with Gasteiger partial charge < -0.3 is 5.32 Å². The summed E-state index contributed by atoms with van der Waals surface area (Å²) in [6, 6.07) is 4.42. The zero-order valence-corrected chi connectivity index (χ0v) is 8.87. The Labute approximate surface area is 86.1 Å². The molecule has 3 nitrogen and oxygen atoms in total. The maximum absolute atomic E-state index is 8.44. The Hall–Kier alpha value is -0.590. The summed E-state index contributed by atoms with van der Waals surface area (Å²) in [5.41, 5.74) is 0. The van der Waals surface area contributed by atoms with Crippen LogP contribution in [0.15, 0.2) is 0 Å². The predicted molar refractivity (Wildman–Crippen MR) is 55.8 cm³/mol. The molecule has 2 fully saturated rings. The van der Waals surface area contributed by atoms with E-state index in [4.69, 9.17) is 5.26 Å². The van der Waals surface area contributed by atoms with Gasteiger partial charge in [-0.05, 0) is 26.2 Å². The molecule has 0 aromatic rings. The molecular formula is C11H19N3. The molecule has 0 bridgehead atoms. The Bertz CT molecular complexity index is 229. The standard InChI is InChI=1S/C11H19N3/c1-9-7-10(13-6-2-5-12)8-14(9)11-3-4-11/h9-11,13H,2-4,6-8H2,1H3. The van der Waals surface area contributed by atoms with E-state index in [9.17, 15) is 0 Å². The lowest BCUT2D eigenvalue weighted by Crippen LogP contribution is -2.34. The van der Waals surface area contributed by atoms with Gasteiger partial charge in [-0.2, -0.15) is 5.26 Å². The topological polar surface area (TPSA) is 39.1 Å². The third-order valence-electron chi connectivity index (χ3n) is 3.31. The van der Waals surface area contributed by atoms with Gasteiger partial charge in [0.1, 0.15) is 0 Å². The molecule has 2 unspecified atom stereocenters. The summed E-state index contributed by atoms with van der Waals surface area (Å²) in [5.74, 6) is 0. The van der Waals surface area contributed by atoms with E-state index in [1.165, 1.54) is 25.8 Å². The highest BCUT2D eigenvalue weighted by atomic mass is 15.3. The second-order valence-electron chi connectivity index (χ2n) is 4.57. The molecule has 0 spiro atoms. The smallest absolute Gasteiger partial charge is 0.0635 e. The molecule has 1 aliphatic carbocycles. The first-order chi connectivity index (χ1) is 6.81. The zero-order chi connectivity index (χ0) is 9.97. The number of nitriles is 1. The van der Waals surface area contributed by atoms with E-state index < -0.39 is 0 Å². The average Bonchev–Trinajstić information content (AvgIpc) is 2.92. The van der Waals surface area contributed by atoms with Crippen molar-refractivity contribution in [2.75, 3.05) is 13.1 Å². The molecule has 1 N–H and O–H groups in total. The van der Waals surface area contributed by atoms with E-state index >= 15 is 0 Å². The van der Waals surface area contributed by atoms with Crippen molar-refractivity contribution in [3.05, 3.63) is 0 Å². The van der Waals surface area contributed by atoms with E-state index in [1.807, 2.05) is 0 Å². The van der Waals surface area contributed by atoms with Gasteiger partial charge in [0.05, 0.1) is 6.07 Å². The summed E-state index contributed by atoms with van der Waals surface area (Å²) < 4.78 is 0. The molecule has 14 heavy (non-hydrogen) atoms. The number of likely N-dealkylation sites (tertiary alicyclic amines) is 1. The molecule has 0 aromatic heterocycles. The Morgan fingerprint density at radius 1 is 1.50 bits per heavy atom.